The third-order valence-electron chi connectivity index (χ3n) is 3.66. The van der Waals surface area contributed by atoms with E-state index in [9.17, 15) is 4.79 Å². The third kappa shape index (κ3) is 4.50. The number of nitrogens with one attached hydrogen (secondary N) is 1. The van der Waals surface area contributed by atoms with Crippen molar-refractivity contribution in [3.8, 4) is 16.9 Å². The number of primary amides is 1. The van der Waals surface area contributed by atoms with E-state index in [-0.39, 0.29) is 0 Å². The predicted molar refractivity (Wildman–Crippen MR) is 107 cm³/mol. The van der Waals surface area contributed by atoms with Gasteiger partial charge in [-0.2, -0.15) is 0 Å². The molecule has 0 saturated heterocycles. The van der Waals surface area contributed by atoms with Crippen molar-refractivity contribution in [2.45, 2.75) is 9.79 Å². The Morgan fingerprint density at radius 1 is 1.04 bits per heavy atom. The van der Waals surface area contributed by atoms with Crippen LogP contribution in [0.5, 0.6) is 5.75 Å². The molecule has 0 radical (unpaired) electrons. The Balaban J connectivity index is 1.87. The minimum atomic E-state index is -0.577. The summed E-state index contributed by atoms with van der Waals surface area (Å²) in [5, 5.41) is 3.23. The molecule has 3 rings (SSSR count). The van der Waals surface area contributed by atoms with Gasteiger partial charge in [0.05, 0.1) is 7.11 Å². The van der Waals surface area contributed by atoms with Crippen LogP contribution >= 0.6 is 23.4 Å². The summed E-state index contributed by atoms with van der Waals surface area (Å²) in [7, 11) is 1.65. The van der Waals surface area contributed by atoms with Crippen LogP contribution in [-0.2, 0) is 0 Å². The minimum Gasteiger partial charge on any atom is -0.496 e. The fourth-order valence-corrected chi connectivity index (χ4v) is 3.56. The van der Waals surface area contributed by atoms with Crippen LogP contribution in [-0.4, -0.2) is 13.1 Å². The maximum Gasteiger partial charge on any atom is 0.316 e. The lowest BCUT2D eigenvalue weighted by Crippen LogP contribution is -2.19. The first-order chi connectivity index (χ1) is 12.5. The molecule has 3 aromatic rings. The number of urea groups is 1. The van der Waals surface area contributed by atoms with Gasteiger partial charge in [-0.05, 0) is 60.2 Å². The summed E-state index contributed by atoms with van der Waals surface area (Å²) >= 11 is 7.74. The normalized spacial score (nSPS) is 10.4. The van der Waals surface area contributed by atoms with Crippen LogP contribution in [0.4, 0.5) is 10.5 Å². The fraction of sp³-hybridized carbons (Fsp3) is 0.0500. The highest BCUT2D eigenvalue weighted by atomic mass is 35.5. The van der Waals surface area contributed by atoms with Gasteiger partial charge in [0.2, 0.25) is 0 Å². The van der Waals surface area contributed by atoms with E-state index in [1.54, 1.807) is 18.9 Å². The average molecular weight is 385 g/mol. The van der Waals surface area contributed by atoms with E-state index in [0.717, 1.165) is 26.7 Å². The summed E-state index contributed by atoms with van der Waals surface area (Å²) < 4.78 is 5.49. The number of hydrogen-bond acceptors (Lipinski definition) is 3. The Hall–Kier alpha value is -2.63. The SMILES string of the molecule is COc1ccc(Sc2ccc(NC(N)=O)cc2)cc1-c1cccc(Cl)c1. The number of halogens is 1. The summed E-state index contributed by atoms with van der Waals surface area (Å²) in [5.74, 6) is 0.789. The quantitative estimate of drug-likeness (QED) is 0.596. The molecule has 0 atom stereocenters. The second-order valence-corrected chi connectivity index (χ2v) is 7.07. The van der Waals surface area contributed by atoms with E-state index in [0.29, 0.717) is 10.7 Å². The van der Waals surface area contributed by atoms with Gasteiger partial charge in [-0.3, -0.25) is 0 Å². The number of nitrogens with two attached hydrogens (primary N) is 1. The van der Waals surface area contributed by atoms with Gasteiger partial charge in [0.25, 0.3) is 0 Å². The molecule has 0 unspecified atom stereocenters. The number of benzene rings is 3. The number of methoxy groups -OCH3 is 1. The van der Waals surface area contributed by atoms with Crippen LogP contribution in [0.25, 0.3) is 11.1 Å². The van der Waals surface area contributed by atoms with Gasteiger partial charge < -0.3 is 15.8 Å². The van der Waals surface area contributed by atoms with Crippen LogP contribution in [0.1, 0.15) is 0 Å². The molecule has 3 N–H and O–H groups in total. The van der Waals surface area contributed by atoms with Crippen molar-refractivity contribution in [1.82, 2.24) is 0 Å². The number of carbonyl (C=O) groups excluding carboxylic acids is 1. The van der Waals surface area contributed by atoms with Crippen LogP contribution in [0, 0.1) is 0 Å². The second kappa shape index (κ2) is 8.17. The molecule has 26 heavy (non-hydrogen) atoms. The van der Waals surface area contributed by atoms with E-state index in [2.05, 4.69) is 11.4 Å². The lowest BCUT2D eigenvalue weighted by atomic mass is 10.0. The molecule has 6 heteroatoms. The van der Waals surface area contributed by atoms with Crippen molar-refractivity contribution >= 4 is 35.1 Å². The van der Waals surface area contributed by atoms with E-state index in [1.807, 2.05) is 60.7 Å². The van der Waals surface area contributed by atoms with E-state index in [1.165, 1.54) is 0 Å². The van der Waals surface area contributed by atoms with Crippen LogP contribution in [0.3, 0.4) is 0 Å². The number of hydrogen-bond donors (Lipinski definition) is 2. The minimum absolute atomic E-state index is 0.577. The van der Waals surface area contributed by atoms with Crippen molar-refractivity contribution in [2.24, 2.45) is 5.73 Å². The van der Waals surface area contributed by atoms with Crippen molar-refractivity contribution in [2.75, 3.05) is 12.4 Å². The van der Waals surface area contributed by atoms with Gasteiger partial charge in [0.15, 0.2) is 0 Å². The lowest BCUT2D eigenvalue weighted by molar-refractivity contribution is 0.259. The zero-order valence-electron chi connectivity index (χ0n) is 14.0. The topological polar surface area (TPSA) is 64.3 Å². The lowest BCUT2D eigenvalue weighted by Gasteiger charge is -2.11. The molecule has 0 aliphatic carbocycles. The number of anilines is 1. The molecule has 132 valence electrons. The maximum atomic E-state index is 10.9. The molecule has 0 aromatic heterocycles. The van der Waals surface area contributed by atoms with Crippen molar-refractivity contribution in [3.63, 3.8) is 0 Å². The molecule has 3 aromatic carbocycles. The summed E-state index contributed by atoms with van der Waals surface area (Å²) in [6.45, 7) is 0. The van der Waals surface area contributed by atoms with Crippen molar-refractivity contribution in [1.29, 1.82) is 0 Å². The summed E-state index contributed by atoms with van der Waals surface area (Å²) in [4.78, 5) is 13.0. The van der Waals surface area contributed by atoms with Crippen molar-refractivity contribution in [3.05, 3.63) is 71.8 Å². The van der Waals surface area contributed by atoms with Gasteiger partial charge in [-0.25, -0.2) is 4.79 Å². The Kier molecular flexibility index (Phi) is 5.71. The summed E-state index contributed by atoms with van der Waals surface area (Å²) in [6, 6.07) is 20.6. The monoisotopic (exact) mass is 384 g/mol. The van der Waals surface area contributed by atoms with Gasteiger partial charge in [0, 0.05) is 26.1 Å². The first kappa shape index (κ1) is 18.2. The largest absolute Gasteiger partial charge is 0.496 e. The molecule has 0 saturated carbocycles. The number of rotatable bonds is 5. The summed E-state index contributed by atoms with van der Waals surface area (Å²) in [5.41, 5.74) is 7.76. The van der Waals surface area contributed by atoms with E-state index >= 15 is 0 Å². The molecule has 0 heterocycles. The number of carbonyl (C=O) groups is 1. The Bertz CT molecular complexity index is 929. The summed E-state index contributed by atoms with van der Waals surface area (Å²) in [6.07, 6.45) is 0. The number of ether oxygens (including phenoxy) is 1. The van der Waals surface area contributed by atoms with E-state index < -0.39 is 6.03 Å². The standard InChI is InChI=1S/C20H17ClN2O2S/c1-25-19-10-9-17(12-18(19)13-3-2-4-14(21)11-13)26-16-7-5-15(6-8-16)23-20(22)24/h2-12H,1H3,(H3,22,23,24). The van der Waals surface area contributed by atoms with Crippen LogP contribution in [0.2, 0.25) is 5.02 Å². The molecule has 0 fully saturated rings. The van der Waals surface area contributed by atoms with Gasteiger partial charge >= 0.3 is 6.03 Å². The molecule has 0 aliphatic heterocycles. The first-order valence-corrected chi connectivity index (χ1v) is 9.03. The molecule has 2 amide bonds. The highest BCUT2D eigenvalue weighted by Gasteiger charge is 2.09. The zero-order valence-corrected chi connectivity index (χ0v) is 15.6. The fourth-order valence-electron chi connectivity index (χ4n) is 2.52. The highest BCUT2D eigenvalue weighted by molar-refractivity contribution is 7.99. The smallest absolute Gasteiger partial charge is 0.316 e. The highest BCUT2D eigenvalue weighted by Crippen LogP contribution is 2.37. The molecule has 0 bridgehead atoms. The molecular formula is C20H17ClN2O2S. The average Bonchev–Trinajstić information content (AvgIpc) is 2.63. The molecule has 4 nitrogen and oxygen atoms in total. The van der Waals surface area contributed by atoms with Gasteiger partial charge in [-0.15, -0.1) is 0 Å². The van der Waals surface area contributed by atoms with Crippen LogP contribution in [0.15, 0.2) is 76.5 Å². The Labute approximate surface area is 161 Å². The zero-order chi connectivity index (χ0) is 18.5. The molecule has 0 aliphatic rings. The van der Waals surface area contributed by atoms with Gasteiger partial charge in [-0.1, -0.05) is 35.5 Å². The number of amides is 2. The maximum absolute atomic E-state index is 10.9. The predicted octanol–water partition coefficient (Wildman–Crippen LogP) is 5.66. The molecular weight excluding hydrogens is 368 g/mol. The second-order valence-electron chi connectivity index (χ2n) is 5.49. The van der Waals surface area contributed by atoms with Crippen molar-refractivity contribution < 1.29 is 9.53 Å². The molecule has 0 spiro atoms. The van der Waals surface area contributed by atoms with E-state index in [4.69, 9.17) is 22.1 Å². The third-order valence-corrected chi connectivity index (χ3v) is 4.90. The van der Waals surface area contributed by atoms with Crippen LogP contribution < -0.4 is 15.8 Å². The van der Waals surface area contributed by atoms with Gasteiger partial charge in [0.1, 0.15) is 5.75 Å². The Morgan fingerprint density at radius 2 is 1.77 bits per heavy atom. The Morgan fingerprint density at radius 3 is 2.42 bits per heavy atom. The first-order valence-electron chi connectivity index (χ1n) is 7.83.